The fourth-order valence-corrected chi connectivity index (χ4v) is 4.10. The molecule has 0 aliphatic rings. The number of carbonyl (C=O) groups excluding carboxylic acids is 3. The minimum Gasteiger partial charge on any atom is -0.466 e. The van der Waals surface area contributed by atoms with Crippen LogP contribution in [0, 0.1) is 0 Å². The van der Waals surface area contributed by atoms with E-state index in [0.29, 0.717) is 33.3 Å². The fourth-order valence-electron chi connectivity index (χ4n) is 3.64. The fraction of sp³-hybridized carbons (Fsp3) is 0.345. The van der Waals surface area contributed by atoms with Gasteiger partial charge in [0.25, 0.3) is 5.91 Å². The van der Waals surface area contributed by atoms with E-state index in [-0.39, 0.29) is 37.8 Å². The number of hydrogen-bond donors (Lipinski definition) is 1. The topological polar surface area (TPSA) is 107 Å². The number of anilines is 1. The maximum Gasteiger partial charge on any atom is 0.407 e. The van der Waals surface area contributed by atoms with Gasteiger partial charge in [0, 0.05) is 30.6 Å². The van der Waals surface area contributed by atoms with Gasteiger partial charge in [0.05, 0.1) is 12.3 Å². The number of esters is 1. The highest BCUT2D eigenvalue weighted by atomic mass is 79.9. The van der Waals surface area contributed by atoms with Crippen LogP contribution in [0.3, 0.4) is 0 Å². The van der Waals surface area contributed by atoms with Crippen molar-refractivity contribution in [1.82, 2.24) is 5.32 Å². The van der Waals surface area contributed by atoms with Gasteiger partial charge in [-0.1, -0.05) is 23.7 Å². The van der Waals surface area contributed by atoms with E-state index >= 15 is 0 Å². The maximum absolute atomic E-state index is 13.5. The SMILES string of the molecule is CCOC(=O)CCCN(C(=O)c1ccc(Br)o1)c1ccc(Cl)cc1Oc1cccc(CNC(=O)OC(C)(C)C)c1. The number of amides is 2. The van der Waals surface area contributed by atoms with Crippen molar-refractivity contribution in [1.29, 1.82) is 0 Å². The molecule has 0 aliphatic carbocycles. The standard InChI is InChI=1S/C29H32BrClN2O7/c1-5-37-26(34)10-7-15-33(27(35)23-13-14-25(30)39-23)22-12-11-20(31)17-24(22)38-21-9-6-8-19(16-21)18-32-28(36)40-29(2,3)4/h6,8-9,11-14,16-17H,5,7,10,15,18H2,1-4H3,(H,32,36). The first-order chi connectivity index (χ1) is 18.9. The Labute approximate surface area is 246 Å². The van der Waals surface area contributed by atoms with Crippen molar-refractivity contribution in [3.8, 4) is 11.5 Å². The molecule has 2 aromatic carbocycles. The molecule has 1 aromatic heterocycles. The van der Waals surface area contributed by atoms with E-state index in [1.54, 1.807) is 76.2 Å². The smallest absolute Gasteiger partial charge is 0.407 e. The number of halogens is 2. The lowest BCUT2D eigenvalue weighted by Crippen LogP contribution is -2.32. The number of ether oxygens (including phenoxy) is 3. The zero-order chi connectivity index (χ0) is 29.3. The zero-order valence-electron chi connectivity index (χ0n) is 22.8. The molecule has 1 heterocycles. The molecule has 214 valence electrons. The van der Waals surface area contributed by atoms with E-state index in [1.807, 2.05) is 6.07 Å². The second kappa shape index (κ2) is 14.2. The van der Waals surface area contributed by atoms with Crippen molar-refractivity contribution < 1.29 is 33.0 Å². The first kappa shape index (κ1) is 31.0. The molecule has 3 rings (SSSR count). The van der Waals surface area contributed by atoms with E-state index in [2.05, 4.69) is 21.2 Å². The minimum absolute atomic E-state index is 0.110. The minimum atomic E-state index is -0.608. The van der Waals surface area contributed by atoms with Gasteiger partial charge in [0.1, 0.15) is 11.4 Å². The Hall–Kier alpha value is -3.50. The summed E-state index contributed by atoms with van der Waals surface area (Å²) in [5.74, 6) is 0.128. The summed E-state index contributed by atoms with van der Waals surface area (Å²) in [6, 6.07) is 15.2. The molecule has 40 heavy (non-hydrogen) atoms. The molecule has 0 atom stereocenters. The number of hydrogen-bond acceptors (Lipinski definition) is 7. The Morgan fingerprint density at radius 1 is 1.07 bits per heavy atom. The Morgan fingerprint density at radius 2 is 1.85 bits per heavy atom. The predicted molar refractivity (Wildman–Crippen MR) is 155 cm³/mol. The largest absolute Gasteiger partial charge is 0.466 e. The predicted octanol–water partition coefficient (Wildman–Crippen LogP) is 7.50. The molecule has 0 bridgehead atoms. The van der Waals surface area contributed by atoms with Crippen LogP contribution in [0.5, 0.6) is 11.5 Å². The van der Waals surface area contributed by atoms with Crippen LogP contribution in [-0.2, 0) is 20.8 Å². The molecule has 0 fully saturated rings. The molecule has 9 nitrogen and oxygen atoms in total. The van der Waals surface area contributed by atoms with E-state index < -0.39 is 17.6 Å². The second-order valence-corrected chi connectivity index (χ2v) is 10.9. The molecule has 0 unspecified atom stereocenters. The highest BCUT2D eigenvalue weighted by molar-refractivity contribution is 9.10. The van der Waals surface area contributed by atoms with E-state index in [0.717, 1.165) is 5.56 Å². The number of benzene rings is 2. The third-order valence-electron chi connectivity index (χ3n) is 5.27. The molecule has 1 N–H and O–H groups in total. The Bertz CT molecular complexity index is 1340. The first-order valence-electron chi connectivity index (χ1n) is 12.7. The molecule has 0 radical (unpaired) electrons. The third-order valence-corrected chi connectivity index (χ3v) is 5.93. The van der Waals surface area contributed by atoms with Gasteiger partial charge >= 0.3 is 12.1 Å². The molecule has 0 spiro atoms. The van der Waals surface area contributed by atoms with Crippen molar-refractivity contribution in [3.63, 3.8) is 0 Å². The number of furan rings is 1. The molecule has 3 aromatic rings. The summed E-state index contributed by atoms with van der Waals surface area (Å²) in [6.45, 7) is 7.80. The van der Waals surface area contributed by atoms with Crippen molar-refractivity contribution in [2.75, 3.05) is 18.1 Å². The lowest BCUT2D eigenvalue weighted by molar-refractivity contribution is -0.143. The zero-order valence-corrected chi connectivity index (χ0v) is 25.1. The van der Waals surface area contributed by atoms with Gasteiger partial charge in [-0.05, 0) is 92.0 Å². The van der Waals surface area contributed by atoms with Crippen LogP contribution in [0.4, 0.5) is 10.5 Å². The van der Waals surface area contributed by atoms with Crippen molar-refractivity contribution in [2.45, 2.75) is 52.7 Å². The maximum atomic E-state index is 13.5. The van der Waals surface area contributed by atoms with Crippen molar-refractivity contribution in [2.24, 2.45) is 0 Å². The van der Waals surface area contributed by atoms with Gasteiger partial charge in [0.2, 0.25) is 0 Å². The molecule has 11 heteroatoms. The van der Waals surface area contributed by atoms with Gasteiger partial charge in [-0.25, -0.2) is 4.79 Å². The molecular formula is C29H32BrClN2O7. The molecule has 0 saturated heterocycles. The van der Waals surface area contributed by atoms with E-state index in [4.69, 9.17) is 30.2 Å². The van der Waals surface area contributed by atoms with Gasteiger partial charge in [-0.2, -0.15) is 0 Å². The molecular weight excluding hydrogens is 604 g/mol. The summed E-state index contributed by atoms with van der Waals surface area (Å²) in [5, 5.41) is 3.12. The number of nitrogens with one attached hydrogen (secondary N) is 1. The quantitative estimate of drug-likeness (QED) is 0.217. The summed E-state index contributed by atoms with van der Waals surface area (Å²) in [6.07, 6.45) is -0.0477. The summed E-state index contributed by atoms with van der Waals surface area (Å²) < 4.78 is 22.4. The van der Waals surface area contributed by atoms with Crippen LogP contribution in [0.15, 0.2) is 63.7 Å². The molecule has 0 aliphatic heterocycles. The average molecular weight is 636 g/mol. The molecule has 2 amide bonds. The van der Waals surface area contributed by atoms with Crippen molar-refractivity contribution in [3.05, 3.63) is 75.6 Å². The molecule has 0 saturated carbocycles. The number of rotatable bonds is 11. The Balaban J connectivity index is 1.85. The summed E-state index contributed by atoms with van der Waals surface area (Å²) in [7, 11) is 0. The Kier molecular flexibility index (Phi) is 11.0. The van der Waals surface area contributed by atoms with Gasteiger partial charge in [0.15, 0.2) is 16.2 Å². The average Bonchev–Trinajstić information content (AvgIpc) is 3.31. The lowest BCUT2D eigenvalue weighted by Gasteiger charge is -2.24. The van der Waals surface area contributed by atoms with Crippen LogP contribution >= 0.6 is 27.5 Å². The normalized spacial score (nSPS) is 11.1. The van der Waals surface area contributed by atoms with E-state index in [9.17, 15) is 14.4 Å². The Morgan fingerprint density at radius 3 is 2.52 bits per heavy atom. The van der Waals surface area contributed by atoms with Gasteiger partial charge in [-0.15, -0.1) is 0 Å². The first-order valence-corrected chi connectivity index (χ1v) is 13.9. The number of alkyl carbamates (subject to hydrolysis) is 1. The summed E-state index contributed by atoms with van der Waals surface area (Å²) in [5.41, 5.74) is 0.599. The van der Waals surface area contributed by atoms with Crippen LogP contribution < -0.4 is 15.0 Å². The van der Waals surface area contributed by atoms with Crippen LogP contribution in [0.1, 0.15) is 56.7 Å². The van der Waals surface area contributed by atoms with Crippen LogP contribution in [-0.4, -0.2) is 36.7 Å². The monoisotopic (exact) mass is 634 g/mol. The third kappa shape index (κ3) is 9.60. The lowest BCUT2D eigenvalue weighted by atomic mass is 10.2. The van der Waals surface area contributed by atoms with E-state index in [1.165, 1.54) is 4.90 Å². The second-order valence-electron chi connectivity index (χ2n) is 9.69. The highest BCUT2D eigenvalue weighted by Gasteiger charge is 2.25. The van der Waals surface area contributed by atoms with Gasteiger partial charge in [-0.3, -0.25) is 9.59 Å². The summed E-state index contributed by atoms with van der Waals surface area (Å²) >= 11 is 9.54. The number of carbonyl (C=O) groups is 3. The van der Waals surface area contributed by atoms with Gasteiger partial charge < -0.3 is 28.8 Å². The highest BCUT2D eigenvalue weighted by Crippen LogP contribution is 2.36. The van der Waals surface area contributed by atoms with Crippen LogP contribution in [0.2, 0.25) is 5.02 Å². The van der Waals surface area contributed by atoms with Crippen LogP contribution in [0.25, 0.3) is 0 Å². The van der Waals surface area contributed by atoms with Crippen molar-refractivity contribution >= 4 is 51.2 Å². The number of nitrogens with zero attached hydrogens (tertiary/aromatic N) is 1. The summed E-state index contributed by atoms with van der Waals surface area (Å²) in [4.78, 5) is 39.0.